The van der Waals surface area contributed by atoms with Crippen LogP contribution in [0.15, 0.2) is 23.7 Å². The maximum atomic E-state index is 11.7. The van der Waals surface area contributed by atoms with Crippen molar-refractivity contribution in [2.45, 2.75) is 6.42 Å². The third-order valence-corrected chi connectivity index (χ3v) is 3.05. The van der Waals surface area contributed by atoms with Crippen LogP contribution < -0.4 is 11.1 Å². The van der Waals surface area contributed by atoms with Crippen LogP contribution in [0.4, 0.5) is 0 Å². The normalized spacial score (nSPS) is 9.39. The van der Waals surface area contributed by atoms with Crippen LogP contribution in [0.5, 0.6) is 0 Å². The Bertz CT molecular complexity index is 504. The number of aromatic nitrogens is 1. The van der Waals surface area contributed by atoms with Crippen LogP contribution in [-0.4, -0.2) is 24.0 Å². The molecular formula is C11H15Cl2N3OS. The highest BCUT2D eigenvalue weighted by Crippen LogP contribution is 2.18. The van der Waals surface area contributed by atoms with Crippen LogP contribution >= 0.6 is 36.2 Å². The highest BCUT2D eigenvalue weighted by Gasteiger charge is 2.06. The molecule has 3 N–H and O–H groups in total. The zero-order chi connectivity index (χ0) is 11.4. The van der Waals surface area contributed by atoms with E-state index in [1.807, 2.05) is 12.1 Å². The lowest BCUT2D eigenvalue weighted by molar-refractivity contribution is 0.0953. The van der Waals surface area contributed by atoms with E-state index in [2.05, 4.69) is 10.3 Å². The van der Waals surface area contributed by atoms with Gasteiger partial charge in [-0.15, -0.1) is 36.2 Å². The Hall–Kier alpha value is -0.880. The van der Waals surface area contributed by atoms with Gasteiger partial charge in [0, 0.05) is 12.1 Å². The summed E-state index contributed by atoms with van der Waals surface area (Å²) in [7, 11) is 0. The molecule has 0 bridgehead atoms. The average molecular weight is 308 g/mol. The molecule has 2 rings (SSSR count). The Labute approximate surface area is 122 Å². The minimum Gasteiger partial charge on any atom is -0.352 e. The monoisotopic (exact) mass is 307 g/mol. The molecule has 18 heavy (non-hydrogen) atoms. The fourth-order valence-electron chi connectivity index (χ4n) is 1.40. The predicted molar refractivity (Wildman–Crippen MR) is 80.1 cm³/mol. The fourth-order valence-corrected chi connectivity index (χ4v) is 2.12. The largest absolute Gasteiger partial charge is 0.352 e. The molecule has 0 aliphatic rings. The van der Waals surface area contributed by atoms with Gasteiger partial charge in [0.25, 0.3) is 5.91 Å². The van der Waals surface area contributed by atoms with Gasteiger partial charge in [0.1, 0.15) is 0 Å². The lowest BCUT2D eigenvalue weighted by Crippen LogP contribution is -2.25. The lowest BCUT2D eigenvalue weighted by atomic mass is 10.2. The number of nitrogens with one attached hydrogen (secondary N) is 1. The first kappa shape index (κ1) is 17.1. The molecule has 0 fully saturated rings. The van der Waals surface area contributed by atoms with Crippen molar-refractivity contribution >= 4 is 52.3 Å². The van der Waals surface area contributed by atoms with E-state index >= 15 is 0 Å². The Morgan fingerprint density at radius 2 is 2.17 bits per heavy atom. The maximum Gasteiger partial charge on any atom is 0.251 e. The van der Waals surface area contributed by atoms with Crippen LogP contribution in [-0.2, 0) is 0 Å². The number of carbonyl (C=O) groups is 1. The molecule has 0 atom stereocenters. The highest BCUT2D eigenvalue weighted by atomic mass is 35.5. The second kappa shape index (κ2) is 8.26. The number of fused-ring (bicyclic) bond motifs is 1. The second-order valence-corrected chi connectivity index (χ2v) is 4.32. The van der Waals surface area contributed by atoms with E-state index in [9.17, 15) is 4.79 Å². The van der Waals surface area contributed by atoms with Crippen molar-refractivity contribution in [2.24, 2.45) is 5.73 Å². The van der Waals surface area contributed by atoms with Crippen molar-refractivity contribution in [3.8, 4) is 0 Å². The van der Waals surface area contributed by atoms with Crippen molar-refractivity contribution in [3.05, 3.63) is 29.3 Å². The SMILES string of the molecule is Cl.Cl.NCCCNC(=O)c1ccc2ncsc2c1. The number of benzene rings is 1. The third-order valence-electron chi connectivity index (χ3n) is 2.26. The van der Waals surface area contributed by atoms with Crippen LogP contribution in [0.2, 0.25) is 0 Å². The maximum absolute atomic E-state index is 11.7. The molecule has 2 aromatic rings. The summed E-state index contributed by atoms with van der Waals surface area (Å²) in [6.45, 7) is 1.21. The minimum absolute atomic E-state index is 0. The van der Waals surface area contributed by atoms with Crippen LogP contribution in [0.3, 0.4) is 0 Å². The molecule has 0 aliphatic carbocycles. The number of amides is 1. The molecule has 0 radical (unpaired) electrons. The average Bonchev–Trinajstić information content (AvgIpc) is 2.76. The zero-order valence-electron chi connectivity index (χ0n) is 9.59. The van der Waals surface area contributed by atoms with Gasteiger partial charge < -0.3 is 11.1 Å². The number of hydrogen-bond acceptors (Lipinski definition) is 4. The molecule has 1 aromatic carbocycles. The smallest absolute Gasteiger partial charge is 0.251 e. The van der Waals surface area contributed by atoms with E-state index in [-0.39, 0.29) is 30.7 Å². The summed E-state index contributed by atoms with van der Waals surface area (Å²) >= 11 is 1.54. The van der Waals surface area contributed by atoms with Gasteiger partial charge in [-0.25, -0.2) is 4.98 Å². The third kappa shape index (κ3) is 4.10. The summed E-state index contributed by atoms with van der Waals surface area (Å²) in [6.07, 6.45) is 0.800. The number of nitrogens with zero attached hydrogens (tertiary/aromatic N) is 1. The van der Waals surface area contributed by atoms with Crippen molar-refractivity contribution in [2.75, 3.05) is 13.1 Å². The quantitative estimate of drug-likeness (QED) is 0.851. The molecule has 1 heterocycles. The molecule has 0 aliphatic heterocycles. The summed E-state index contributed by atoms with van der Waals surface area (Å²) in [5, 5.41) is 2.82. The second-order valence-electron chi connectivity index (χ2n) is 3.43. The molecule has 4 nitrogen and oxygen atoms in total. The number of carbonyl (C=O) groups excluding carboxylic acids is 1. The van der Waals surface area contributed by atoms with Crippen molar-refractivity contribution < 1.29 is 4.79 Å². The van der Waals surface area contributed by atoms with Gasteiger partial charge in [-0.3, -0.25) is 4.79 Å². The van der Waals surface area contributed by atoms with E-state index in [0.717, 1.165) is 16.6 Å². The Kier molecular flexibility index (Phi) is 7.86. The first-order chi connectivity index (χ1) is 7.81. The van der Waals surface area contributed by atoms with E-state index in [4.69, 9.17) is 5.73 Å². The first-order valence-corrected chi connectivity index (χ1v) is 6.01. The number of halogens is 2. The summed E-state index contributed by atoms with van der Waals surface area (Å²) in [5.41, 5.74) is 8.74. The standard InChI is InChI=1S/C11H13N3OS.2ClH/c12-4-1-5-13-11(15)8-2-3-9-10(6-8)16-7-14-9;;/h2-3,6-7H,1,4-5,12H2,(H,13,15);2*1H. The van der Waals surface area contributed by atoms with Crippen molar-refractivity contribution in [3.63, 3.8) is 0 Å². The van der Waals surface area contributed by atoms with Crippen molar-refractivity contribution in [1.82, 2.24) is 10.3 Å². The topological polar surface area (TPSA) is 68.0 Å². The Morgan fingerprint density at radius 3 is 2.89 bits per heavy atom. The molecule has 1 aromatic heterocycles. The van der Waals surface area contributed by atoms with Gasteiger partial charge in [0.15, 0.2) is 0 Å². The predicted octanol–water partition coefficient (Wildman–Crippen LogP) is 2.22. The van der Waals surface area contributed by atoms with Gasteiger partial charge in [-0.1, -0.05) is 0 Å². The van der Waals surface area contributed by atoms with Gasteiger partial charge in [0.2, 0.25) is 0 Å². The molecular weight excluding hydrogens is 293 g/mol. The molecule has 0 unspecified atom stereocenters. The molecule has 0 saturated carbocycles. The van der Waals surface area contributed by atoms with Crippen LogP contribution in [0, 0.1) is 0 Å². The summed E-state index contributed by atoms with van der Waals surface area (Å²) in [6, 6.07) is 5.52. The van der Waals surface area contributed by atoms with Gasteiger partial charge >= 0.3 is 0 Å². The molecule has 0 spiro atoms. The summed E-state index contributed by atoms with van der Waals surface area (Å²) < 4.78 is 1.03. The van der Waals surface area contributed by atoms with Gasteiger partial charge in [0.05, 0.1) is 15.7 Å². The van der Waals surface area contributed by atoms with Crippen molar-refractivity contribution in [1.29, 1.82) is 0 Å². The minimum atomic E-state index is -0.0521. The van der Waals surface area contributed by atoms with Gasteiger partial charge in [-0.05, 0) is 31.2 Å². The highest BCUT2D eigenvalue weighted by molar-refractivity contribution is 7.16. The van der Waals surface area contributed by atoms with E-state index in [1.54, 1.807) is 11.6 Å². The Balaban J connectivity index is 0.00000144. The molecule has 7 heteroatoms. The summed E-state index contributed by atoms with van der Waals surface area (Å²) in [4.78, 5) is 15.9. The van der Waals surface area contributed by atoms with E-state index < -0.39 is 0 Å². The van der Waals surface area contributed by atoms with E-state index in [1.165, 1.54) is 11.3 Å². The number of rotatable bonds is 4. The number of hydrogen-bond donors (Lipinski definition) is 2. The van der Waals surface area contributed by atoms with Gasteiger partial charge in [-0.2, -0.15) is 0 Å². The number of nitrogens with two attached hydrogens (primary N) is 1. The zero-order valence-corrected chi connectivity index (χ0v) is 12.0. The Morgan fingerprint density at radius 1 is 1.39 bits per heavy atom. The molecule has 100 valence electrons. The first-order valence-electron chi connectivity index (χ1n) is 5.13. The summed E-state index contributed by atoms with van der Waals surface area (Å²) in [5.74, 6) is -0.0521. The lowest BCUT2D eigenvalue weighted by Gasteiger charge is -2.03. The van der Waals surface area contributed by atoms with Crippen LogP contribution in [0.25, 0.3) is 10.2 Å². The van der Waals surface area contributed by atoms with E-state index in [0.29, 0.717) is 18.7 Å². The molecule has 1 amide bonds. The fraction of sp³-hybridized carbons (Fsp3) is 0.273. The van der Waals surface area contributed by atoms with Crippen LogP contribution in [0.1, 0.15) is 16.8 Å². The molecule has 0 saturated heterocycles. The number of thiazole rings is 1.